The molecule has 0 spiro atoms. The molecule has 0 saturated heterocycles. The van der Waals surface area contributed by atoms with Gasteiger partial charge >= 0.3 is 20.2 Å². The summed E-state index contributed by atoms with van der Waals surface area (Å²) in [5, 5.41) is 0.793. The molecular formula is C32H35BrO8S2. The van der Waals surface area contributed by atoms with Crippen LogP contribution in [-0.4, -0.2) is 41.3 Å². The number of alkyl halides is 1. The number of ether oxygens (including phenoxy) is 2. The van der Waals surface area contributed by atoms with Crippen molar-refractivity contribution in [3.8, 4) is 17.2 Å². The first kappa shape index (κ1) is 34.1. The Morgan fingerprint density at radius 3 is 1.74 bits per heavy atom. The maximum atomic E-state index is 11.2. The van der Waals surface area contributed by atoms with E-state index in [1.165, 1.54) is 0 Å². The van der Waals surface area contributed by atoms with Gasteiger partial charge in [-0.2, -0.15) is 16.8 Å². The SMILES string of the molecule is CS(=O)(=O)Oc1ccc(CCBr)c(OCc2ccccc2)c1.CS(=O)(=O)Oc1cccc(CCOCc2ccccc2)c1. The standard InChI is InChI=1S/C16H17BrO4S.C16H18O4S/c1-22(18,19)21-15-8-7-14(9-10-17)16(11-15)20-12-13-5-3-2-4-6-13;1-21(17,18)20-16-9-5-8-14(12-16)10-11-19-13-15-6-3-2-4-7-15/h2-8,11H,9-10,12H2,1H3;2-9,12H,10-11,13H2,1H3. The number of halogens is 1. The number of benzene rings is 4. The average Bonchev–Trinajstić information content (AvgIpc) is 2.95. The molecule has 4 aromatic rings. The molecule has 43 heavy (non-hydrogen) atoms. The minimum Gasteiger partial charge on any atom is -0.488 e. The van der Waals surface area contributed by atoms with Gasteiger partial charge in [0.25, 0.3) is 0 Å². The lowest BCUT2D eigenvalue weighted by atomic mass is 10.1. The maximum Gasteiger partial charge on any atom is 0.306 e. The Balaban J connectivity index is 0.000000236. The lowest BCUT2D eigenvalue weighted by molar-refractivity contribution is 0.124. The lowest BCUT2D eigenvalue weighted by Crippen LogP contribution is -2.06. The second kappa shape index (κ2) is 17.0. The Bertz CT molecular complexity index is 1630. The first-order valence-corrected chi connectivity index (χ1v) is 18.1. The molecule has 4 aromatic carbocycles. The predicted molar refractivity (Wildman–Crippen MR) is 172 cm³/mol. The molecule has 0 unspecified atom stereocenters. The highest BCUT2D eigenvalue weighted by Gasteiger charge is 2.10. The van der Waals surface area contributed by atoms with Crippen LogP contribution in [-0.2, 0) is 51.0 Å². The fourth-order valence-electron chi connectivity index (χ4n) is 3.82. The molecule has 0 heterocycles. The molecule has 4 rings (SSSR count). The molecule has 0 bridgehead atoms. The first-order valence-electron chi connectivity index (χ1n) is 13.4. The second-order valence-corrected chi connectivity index (χ2v) is 13.4. The third-order valence-electron chi connectivity index (χ3n) is 5.68. The fourth-order valence-corrected chi connectivity index (χ4v) is 5.16. The quantitative estimate of drug-likeness (QED) is 0.0860. The van der Waals surface area contributed by atoms with Gasteiger partial charge in [0.15, 0.2) is 0 Å². The van der Waals surface area contributed by atoms with E-state index in [1.54, 1.807) is 30.3 Å². The van der Waals surface area contributed by atoms with E-state index in [0.717, 1.165) is 46.5 Å². The summed E-state index contributed by atoms with van der Waals surface area (Å²) in [6.07, 6.45) is 3.53. The lowest BCUT2D eigenvalue weighted by Gasteiger charge is -2.13. The normalized spacial score (nSPS) is 11.2. The van der Waals surface area contributed by atoms with Gasteiger partial charge in [0, 0.05) is 11.4 Å². The Hall–Kier alpha value is -3.38. The molecule has 0 fully saturated rings. The van der Waals surface area contributed by atoms with Crippen LogP contribution in [0.3, 0.4) is 0 Å². The van der Waals surface area contributed by atoms with Crippen molar-refractivity contribution in [2.45, 2.75) is 26.1 Å². The molecular weight excluding hydrogens is 656 g/mol. The van der Waals surface area contributed by atoms with Crippen LogP contribution in [0.2, 0.25) is 0 Å². The largest absolute Gasteiger partial charge is 0.488 e. The molecule has 0 aliphatic carbocycles. The van der Waals surface area contributed by atoms with E-state index < -0.39 is 20.2 Å². The molecule has 0 amide bonds. The topological polar surface area (TPSA) is 105 Å². The molecule has 0 atom stereocenters. The van der Waals surface area contributed by atoms with Crippen molar-refractivity contribution in [1.29, 1.82) is 0 Å². The summed E-state index contributed by atoms with van der Waals surface area (Å²) in [6, 6.07) is 31.8. The molecule has 11 heteroatoms. The summed E-state index contributed by atoms with van der Waals surface area (Å²) in [7, 11) is -7.04. The highest BCUT2D eigenvalue weighted by atomic mass is 79.9. The first-order chi connectivity index (χ1) is 20.5. The number of hydrogen-bond acceptors (Lipinski definition) is 8. The zero-order chi connectivity index (χ0) is 31.1. The molecule has 0 aliphatic rings. The van der Waals surface area contributed by atoms with Crippen molar-refractivity contribution in [1.82, 2.24) is 0 Å². The maximum absolute atomic E-state index is 11.2. The molecule has 8 nitrogen and oxygen atoms in total. The van der Waals surface area contributed by atoms with Crippen LogP contribution in [0, 0.1) is 0 Å². The van der Waals surface area contributed by atoms with Crippen molar-refractivity contribution in [2.24, 2.45) is 0 Å². The highest BCUT2D eigenvalue weighted by molar-refractivity contribution is 9.09. The summed E-state index contributed by atoms with van der Waals surface area (Å²) >= 11 is 3.40. The van der Waals surface area contributed by atoms with E-state index in [2.05, 4.69) is 15.9 Å². The smallest absolute Gasteiger partial charge is 0.306 e. The van der Waals surface area contributed by atoms with Gasteiger partial charge in [-0.15, -0.1) is 0 Å². The van der Waals surface area contributed by atoms with Crippen LogP contribution in [0.5, 0.6) is 17.2 Å². The summed E-state index contributed by atoms with van der Waals surface area (Å²) in [6.45, 7) is 1.55. The van der Waals surface area contributed by atoms with E-state index in [4.69, 9.17) is 17.8 Å². The van der Waals surface area contributed by atoms with Gasteiger partial charge in [0.05, 0.1) is 25.7 Å². The van der Waals surface area contributed by atoms with Gasteiger partial charge in [-0.3, -0.25) is 0 Å². The van der Waals surface area contributed by atoms with Crippen LogP contribution >= 0.6 is 15.9 Å². The second-order valence-electron chi connectivity index (χ2n) is 9.49. The Labute approximate surface area is 263 Å². The van der Waals surface area contributed by atoms with Gasteiger partial charge in [0.2, 0.25) is 0 Å². The van der Waals surface area contributed by atoms with Gasteiger partial charge in [0.1, 0.15) is 23.9 Å². The Kier molecular flexibility index (Phi) is 13.5. The summed E-state index contributed by atoms with van der Waals surface area (Å²) in [5.41, 5.74) is 4.14. The van der Waals surface area contributed by atoms with Gasteiger partial charge in [-0.05, 0) is 53.3 Å². The third-order valence-corrected chi connectivity index (χ3v) is 7.07. The van der Waals surface area contributed by atoms with E-state index in [0.29, 0.717) is 37.7 Å². The number of aryl methyl sites for hydroxylation is 1. The van der Waals surface area contributed by atoms with Crippen molar-refractivity contribution < 1.29 is 34.7 Å². The summed E-state index contributed by atoms with van der Waals surface area (Å²) in [4.78, 5) is 0. The van der Waals surface area contributed by atoms with E-state index in [-0.39, 0.29) is 5.75 Å². The van der Waals surface area contributed by atoms with Gasteiger partial charge in [-0.25, -0.2) is 0 Å². The van der Waals surface area contributed by atoms with E-state index in [1.807, 2.05) is 72.8 Å². The number of rotatable bonds is 14. The van der Waals surface area contributed by atoms with E-state index in [9.17, 15) is 16.8 Å². The van der Waals surface area contributed by atoms with Crippen molar-refractivity contribution in [2.75, 3.05) is 24.4 Å². The molecule has 0 N–H and O–H groups in total. The van der Waals surface area contributed by atoms with Crippen LogP contribution in [0.25, 0.3) is 0 Å². The van der Waals surface area contributed by atoms with Crippen LogP contribution < -0.4 is 13.1 Å². The minimum absolute atomic E-state index is 0.254. The Morgan fingerprint density at radius 1 is 0.605 bits per heavy atom. The van der Waals surface area contributed by atoms with E-state index >= 15 is 0 Å². The van der Waals surface area contributed by atoms with Gasteiger partial charge < -0.3 is 17.8 Å². The van der Waals surface area contributed by atoms with Gasteiger partial charge in [-0.1, -0.05) is 94.8 Å². The molecule has 230 valence electrons. The van der Waals surface area contributed by atoms with Crippen molar-refractivity contribution in [3.05, 3.63) is 125 Å². The van der Waals surface area contributed by atoms with Crippen LogP contribution in [0.15, 0.2) is 103 Å². The van der Waals surface area contributed by atoms with Crippen molar-refractivity contribution >= 4 is 36.2 Å². The van der Waals surface area contributed by atoms with Crippen LogP contribution in [0.4, 0.5) is 0 Å². The third kappa shape index (κ3) is 14.1. The molecule has 0 aliphatic heterocycles. The fraction of sp³-hybridized carbons (Fsp3) is 0.250. The monoisotopic (exact) mass is 690 g/mol. The average molecular weight is 692 g/mol. The van der Waals surface area contributed by atoms with Crippen LogP contribution in [0.1, 0.15) is 22.3 Å². The number of hydrogen-bond donors (Lipinski definition) is 0. The molecule has 0 saturated carbocycles. The zero-order valence-corrected chi connectivity index (χ0v) is 27.2. The zero-order valence-electron chi connectivity index (χ0n) is 24.0. The Morgan fingerprint density at radius 2 is 1.16 bits per heavy atom. The summed E-state index contributed by atoms with van der Waals surface area (Å²) in [5.74, 6) is 1.21. The highest BCUT2D eigenvalue weighted by Crippen LogP contribution is 2.27. The predicted octanol–water partition coefficient (Wildman–Crippen LogP) is 6.33. The minimum atomic E-state index is -3.55. The molecule has 0 aromatic heterocycles. The summed E-state index contributed by atoms with van der Waals surface area (Å²) < 4.78 is 65.8. The molecule has 0 radical (unpaired) electrons. The van der Waals surface area contributed by atoms with Crippen molar-refractivity contribution in [3.63, 3.8) is 0 Å².